The molecule has 0 radical (unpaired) electrons. The summed E-state index contributed by atoms with van der Waals surface area (Å²) in [6.45, 7) is 0. The molecule has 28 heavy (non-hydrogen) atoms. The van der Waals surface area contributed by atoms with Gasteiger partial charge in [0.1, 0.15) is 11.8 Å². The van der Waals surface area contributed by atoms with Gasteiger partial charge in [0, 0.05) is 0 Å². The van der Waals surface area contributed by atoms with E-state index in [0.717, 1.165) is 56.0 Å². The molecule has 1 fully saturated rings. The largest absolute Gasteiger partial charge is 0.426 e. The van der Waals surface area contributed by atoms with Crippen molar-refractivity contribution in [2.75, 3.05) is 0 Å². The van der Waals surface area contributed by atoms with Crippen molar-refractivity contribution in [2.45, 2.75) is 44.7 Å². The molecule has 0 amide bonds. The van der Waals surface area contributed by atoms with Crippen LogP contribution in [0.2, 0.25) is 0 Å². The number of alkyl halides is 3. The molecule has 7 heteroatoms. The second-order valence-corrected chi connectivity index (χ2v) is 6.79. The molecule has 1 aliphatic rings. The molecule has 3 nitrogen and oxygen atoms in total. The lowest BCUT2D eigenvalue weighted by Gasteiger charge is -2.26. The van der Waals surface area contributed by atoms with Crippen LogP contribution in [-0.2, 0) is 11.0 Å². The van der Waals surface area contributed by atoms with Gasteiger partial charge in [0.2, 0.25) is 0 Å². The van der Waals surface area contributed by atoms with Crippen LogP contribution < -0.4 is 4.74 Å². The number of allylic oxidation sites excluding steroid dienone is 4. The first-order chi connectivity index (χ1) is 13.3. The smallest absolute Gasteiger partial charge is 0.416 e. The Balaban J connectivity index is 1.74. The highest BCUT2D eigenvalue weighted by atomic mass is 19.4. The molecular formula is C21H21F4NO2. The van der Waals surface area contributed by atoms with Crippen molar-refractivity contribution in [3.05, 3.63) is 53.9 Å². The molecule has 150 valence electrons. The summed E-state index contributed by atoms with van der Waals surface area (Å²) in [5.41, 5.74) is -0.785. The minimum atomic E-state index is -4.42. The topological polar surface area (TPSA) is 50.1 Å². The molecule has 2 rings (SSSR count). The average Bonchev–Trinajstić information content (AvgIpc) is 2.67. The van der Waals surface area contributed by atoms with Crippen LogP contribution >= 0.6 is 0 Å². The van der Waals surface area contributed by atoms with Crippen molar-refractivity contribution < 1.29 is 27.1 Å². The quantitative estimate of drug-likeness (QED) is 0.191. The van der Waals surface area contributed by atoms with E-state index in [2.05, 4.69) is 0 Å². The van der Waals surface area contributed by atoms with Gasteiger partial charge < -0.3 is 4.74 Å². The molecule has 1 aromatic carbocycles. The summed E-state index contributed by atoms with van der Waals surface area (Å²) < 4.78 is 55.5. The number of rotatable bonds is 6. The highest BCUT2D eigenvalue weighted by Crippen LogP contribution is 2.33. The zero-order chi connectivity index (χ0) is 20.6. The second kappa shape index (κ2) is 10.1. The van der Waals surface area contributed by atoms with Gasteiger partial charge in [0.25, 0.3) is 0 Å². The fourth-order valence-electron chi connectivity index (χ4n) is 3.22. The van der Waals surface area contributed by atoms with E-state index < -0.39 is 23.5 Å². The first-order valence-corrected chi connectivity index (χ1v) is 9.11. The van der Waals surface area contributed by atoms with Crippen LogP contribution in [0.5, 0.6) is 5.75 Å². The third-order valence-corrected chi connectivity index (χ3v) is 4.81. The van der Waals surface area contributed by atoms with Gasteiger partial charge in [0.05, 0.1) is 11.5 Å². The highest BCUT2D eigenvalue weighted by Gasteiger charge is 2.31. The maximum Gasteiger partial charge on any atom is 0.416 e. The maximum atomic E-state index is 12.6. The molecule has 0 atom stereocenters. The number of nitrogens with zero attached hydrogens (tertiary/aromatic N) is 1. The molecule has 0 unspecified atom stereocenters. The zero-order valence-electron chi connectivity index (χ0n) is 15.2. The Labute approximate surface area is 161 Å². The number of nitriles is 1. The number of benzene rings is 1. The van der Waals surface area contributed by atoms with Gasteiger partial charge >= 0.3 is 12.1 Å². The van der Waals surface area contributed by atoms with Crippen molar-refractivity contribution in [3.63, 3.8) is 0 Å². The summed E-state index contributed by atoms with van der Waals surface area (Å²) in [6, 6.07) is 5.49. The van der Waals surface area contributed by atoms with Crippen molar-refractivity contribution in [2.24, 2.45) is 11.8 Å². The molecule has 0 heterocycles. The summed E-state index contributed by atoms with van der Waals surface area (Å²) in [7, 11) is 0. The predicted molar refractivity (Wildman–Crippen MR) is 95.7 cm³/mol. The Morgan fingerprint density at radius 1 is 1.18 bits per heavy atom. The van der Waals surface area contributed by atoms with E-state index in [4.69, 9.17) is 10.00 Å². The van der Waals surface area contributed by atoms with Crippen LogP contribution in [0.25, 0.3) is 0 Å². The zero-order valence-corrected chi connectivity index (χ0v) is 15.2. The highest BCUT2D eigenvalue weighted by molar-refractivity contribution is 5.75. The first kappa shape index (κ1) is 21.7. The molecule has 0 aromatic heterocycles. The fraction of sp³-hybridized carbons (Fsp3) is 0.429. The van der Waals surface area contributed by atoms with Crippen LogP contribution in [0.4, 0.5) is 17.6 Å². The molecule has 0 bridgehead atoms. The van der Waals surface area contributed by atoms with E-state index in [1.54, 1.807) is 0 Å². The minimum Gasteiger partial charge on any atom is -0.426 e. The summed E-state index contributed by atoms with van der Waals surface area (Å²) in [5.74, 6) is -0.909. The Morgan fingerprint density at radius 2 is 1.82 bits per heavy atom. The number of hydrogen-bond acceptors (Lipinski definition) is 3. The Bertz CT molecular complexity index is 752. The number of halogens is 4. The molecule has 1 aromatic rings. The average molecular weight is 395 g/mol. The minimum absolute atomic E-state index is 0.114. The lowest BCUT2D eigenvalue weighted by atomic mass is 9.80. The van der Waals surface area contributed by atoms with Crippen LogP contribution in [0.15, 0.2) is 48.3 Å². The van der Waals surface area contributed by atoms with Crippen LogP contribution in [0, 0.1) is 23.2 Å². The fourth-order valence-corrected chi connectivity index (χ4v) is 3.22. The second-order valence-electron chi connectivity index (χ2n) is 6.79. The normalized spacial score (nSPS) is 20.8. The number of carbonyl (C=O) groups excluding carboxylic acids is 1. The van der Waals surface area contributed by atoms with Gasteiger partial charge in [0.15, 0.2) is 5.83 Å². The Morgan fingerprint density at radius 3 is 2.39 bits per heavy atom. The van der Waals surface area contributed by atoms with E-state index in [9.17, 15) is 22.4 Å². The molecule has 0 saturated heterocycles. The van der Waals surface area contributed by atoms with E-state index >= 15 is 0 Å². The Hall–Kier alpha value is -2.62. The molecule has 1 saturated carbocycles. The van der Waals surface area contributed by atoms with E-state index in [-0.39, 0.29) is 11.7 Å². The first-order valence-electron chi connectivity index (χ1n) is 9.11. The van der Waals surface area contributed by atoms with E-state index in [0.29, 0.717) is 18.8 Å². The molecule has 0 spiro atoms. The van der Waals surface area contributed by atoms with Crippen molar-refractivity contribution >= 4 is 5.97 Å². The molecular weight excluding hydrogens is 374 g/mol. The van der Waals surface area contributed by atoms with Crippen LogP contribution in [-0.4, -0.2) is 5.97 Å². The number of hydrogen-bond donors (Lipinski definition) is 0. The third kappa shape index (κ3) is 6.84. The summed E-state index contributed by atoms with van der Waals surface area (Å²) in [4.78, 5) is 12.2. The number of esters is 1. The van der Waals surface area contributed by atoms with Crippen molar-refractivity contribution in [3.8, 4) is 11.8 Å². The van der Waals surface area contributed by atoms with E-state index in [1.165, 1.54) is 12.1 Å². The molecule has 1 aliphatic carbocycles. The van der Waals surface area contributed by atoms with Crippen molar-refractivity contribution in [1.29, 1.82) is 5.26 Å². The van der Waals surface area contributed by atoms with Gasteiger partial charge in [-0.2, -0.15) is 22.8 Å². The molecule has 0 N–H and O–H groups in total. The van der Waals surface area contributed by atoms with Gasteiger partial charge in [-0.15, -0.1) is 0 Å². The third-order valence-electron chi connectivity index (χ3n) is 4.81. The number of ether oxygens (including phenoxy) is 1. The van der Waals surface area contributed by atoms with Crippen molar-refractivity contribution in [1.82, 2.24) is 0 Å². The summed E-state index contributed by atoms with van der Waals surface area (Å²) in [6.07, 6.45) is 4.79. The van der Waals surface area contributed by atoms with E-state index in [1.807, 2.05) is 6.08 Å². The van der Waals surface area contributed by atoms with Gasteiger partial charge in [-0.05, 0) is 74.8 Å². The Kier molecular flexibility index (Phi) is 7.80. The number of carbonyl (C=O) groups is 1. The standard InChI is InChI=1S/C21H21F4NO2/c22-18(14-26)5-3-1-2-4-15-6-8-16(9-7-15)20(27)28-19-12-10-17(11-13-19)21(23,24)25/h1,3,5,10-13,15-16H,2,4,6-9H2/t15-,16-. The lowest BCUT2D eigenvalue weighted by Crippen LogP contribution is -2.25. The SMILES string of the molecule is N#CC(F)=CC=CCC[C@H]1CC[C@H](C(=O)Oc2ccc(C(F)(F)F)cc2)CC1. The van der Waals surface area contributed by atoms with Crippen LogP contribution in [0.1, 0.15) is 44.1 Å². The summed E-state index contributed by atoms with van der Waals surface area (Å²) in [5, 5.41) is 8.29. The van der Waals surface area contributed by atoms with Gasteiger partial charge in [-0.1, -0.05) is 12.2 Å². The summed E-state index contributed by atoms with van der Waals surface area (Å²) >= 11 is 0. The maximum absolute atomic E-state index is 12.6. The van der Waals surface area contributed by atoms with Gasteiger partial charge in [-0.3, -0.25) is 4.79 Å². The van der Waals surface area contributed by atoms with Gasteiger partial charge in [-0.25, -0.2) is 0 Å². The molecule has 0 aliphatic heterocycles. The predicted octanol–water partition coefficient (Wildman–Crippen LogP) is 6.13. The lowest BCUT2D eigenvalue weighted by molar-refractivity contribution is -0.140. The van der Waals surface area contributed by atoms with Crippen LogP contribution in [0.3, 0.4) is 0 Å². The monoisotopic (exact) mass is 395 g/mol.